The Labute approximate surface area is 226 Å². The van der Waals surface area contributed by atoms with Crippen molar-refractivity contribution in [1.29, 1.82) is 0 Å². The van der Waals surface area contributed by atoms with Crippen LogP contribution < -0.4 is 0 Å². The lowest BCUT2D eigenvalue weighted by Gasteiger charge is -2.60. The van der Waals surface area contributed by atoms with Crippen LogP contribution in [0.1, 0.15) is 93.4 Å². The number of carbonyl (C=O) groups excluding carboxylic acids is 5. The molecule has 0 aromatic rings. The van der Waals surface area contributed by atoms with Crippen LogP contribution in [0.15, 0.2) is 11.1 Å². The maximum atomic E-state index is 14.1. The molecule has 0 aliphatic heterocycles. The van der Waals surface area contributed by atoms with Crippen molar-refractivity contribution in [3.8, 4) is 0 Å². The van der Waals surface area contributed by atoms with Gasteiger partial charge in [-0.05, 0) is 48.5 Å². The number of esters is 1. The van der Waals surface area contributed by atoms with Crippen LogP contribution in [-0.4, -0.2) is 47.4 Å². The molecule has 0 spiro atoms. The summed E-state index contributed by atoms with van der Waals surface area (Å²) in [5.41, 5.74) is -1.82. The van der Waals surface area contributed by atoms with Crippen LogP contribution in [0.2, 0.25) is 0 Å². The van der Waals surface area contributed by atoms with Crippen LogP contribution in [-0.2, 0) is 28.7 Å². The molecule has 0 aromatic heterocycles. The zero-order valence-electron chi connectivity index (χ0n) is 24.2. The average Bonchev–Trinajstić information content (AvgIpc) is 3.03. The van der Waals surface area contributed by atoms with E-state index in [4.69, 9.17) is 4.74 Å². The first-order valence-corrected chi connectivity index (χ1v) is 14.1. The Morgan fingerprint density at radius 3 is 2.26 bits per heavy atom. The molecular weight excluding hydrogens is 484 g/mol. The van der Waals surface area contributed by atoms with Gasteiger partial charge in [0.25, 0.3) is 0 Å². The molecule has 210 valence electrons. The number of hydrogen-bond acceptors (Lipinski definition) is 7. The summed E-state index contributed by atoms with van der Waals surface area (Å²) in [7, 11) is 1.30. The molecule has 0 heterocycles. The first kappa shape index (κ1) is 28.8. The zero-order valence-corrected chi connectivity index (χ0v) is 24.2. The van der Waals surface area contributed by atoms with E-state index in [1.54, 1.807) is 6.92 Å². The summed E-state index contributed by atoms with van der Waals surface area (Å²) in [5.74, 6) is -1.45. The molecule has 0 bridgehead atoms. The van der Waals surface area contributed by atoms with E-state index in [0.29, 0.717) is 30.4 Å². The van der Waals surface area contributed by atoms with Gasteiger partial charge in [-0.25, -0.2) is 0 Å². The van der Waals surface area contributed by atoms with Gasteiger partial charge in [0.1, 0.15) is 17.3 Å². The molecule has 2 fully saturated rings. The number of Topliss-reactive ketones (excluding diaryl/α,β-unsaturated/α-hetero) is 4. The predicted octanol–water partition coefficient (Wildman–Crippen LogP) is 4.43. The normalized spacial score (nSPS) is 39.7. The topological polar surface area (TPSA) is 115 Å². The van der Waals surface area contributed by atoms with Crippen molar-refractivity contribution in [2.75, 3.05) is 7.11 Å². The van der Waals surface area contributed by atoms with E-state index in [2.05, 4.69) is 6.92 Å². The summed E-state index contributed by atoms with van der Waals surface area (Å²) < 4.78 is 4.75. The van der Waals surface area contributed by atoms with Gasteiger partial charge in [0, 0.05) is 48.5 Å². The summed E-state index contributed by atoms with van der Waals surface area (Å²) in [6, 6.07) is 0. The standard InChI is InChI=1S/C31H44O7/c1-16(11-18(32)12-17(2)27(37)38-8)19-13-24(36)31(7)26-20(33)14-22-28(3,4)23(35)9-10-29(22,5)25(26)21(34)15-30(19,31)6/h16-17,19-20,22,33H,9-15H2,1-8H3/t16-,17?,19-,20+,22+,29+,30-,31+/m1/s1. The summed E-state index contributed by atoms with van der Waals surface area (Å²) in [5, 5.41) is 11.6. The largest absolute Gasteiger partial charge is 0.469 e. The summed E-state index contributed by atoms with van der Waals surface area (Å²) in [6.07, 6.45) is 1.02. The number of allylic oxidation sites excluding steroid dienone is 1. The van der Waals surface area contributed by atoms with Crippen molar-refractivity contribution < 1.29 is 33.8 Å². The average molecular weight is 529 g/mol. The number of ether oxygens (including phenoxy) is 1. The SMILES string of the molecule is COC(=O)C(C)CC(=O)C[C@@H](C)[C@H]1CC(=O)[C@@]2(C)C3=C(C(=O)C[C@]12C)[C@@]1(C)CCC(=O)C(C)(C)[C@@H]1C[C@@H]3O. The zero-order chi connectivity index (χ0) is 28.6. The van der Waals surface area contributed by atoms with Crippen molar-refractivity contribution >= 4 is 29.1 Å². The van der Waals surface area contributed by atoms with E-state index in [0.717, 1.165) is 0 Å². The molecule has 4 rings (SSSR count). The number of aliphatic hydroxyl groups excluding tert-OH is 1. The number of hydrogen-bond donors (Lipinski definition) is 1. The monoisotopic (exact) mass is 528 g/mol. The van der Waals surface area contributed by atoms with Gasteiger partial charge in [-0.2, -0.15) is 0 Å². The van der Waals surface area contributed by atoms with Crippen LogP contribution in [0.4, 0.5) is 0 Å². The molecule has 7 heteroatoms. The highest BCUT2D eigenvalue weighted by Gasteiger charge is 2.70. The third kappa shape index (κ3) is 3.82. The molecule has 1 unspecified atom stereocenters. The van der Waals surface area contributed by atoms with Crippen molar-refractivity contribution in [3.05, 3.63) is 11.1 Å². The number of rotatable bonds is 6. The first-order chi connectivity index (χ1) is 17.5. The predicted molar refractivity (Wildman–Crippen MR) is 141 cm³/mol. The Bertz CT molecular complexity index is 1130. The highest BCUT2D eigenvalue weighted by molar-refractivity contribution is 6.05. The van der Waals surface area contributed by atoms with Gasteiger partial charge in [0.15, 0.2) is 5.78 Å². The highest BCUT2D eigenvalue weighted by atomic mass is 16.5. The number of fused-ring (bicyclic) bond motifs is 4. The second-order valence-corrected chi connectivity index (χ2v) is 13.9. The molecule has 0 aromatic carbocycles. The fourth-order valence-electron chi connectivity index (χ4n) is 9.13. The molecular formula is C31H44O7. The van der Waals surface area contributed by atoms with Gasteiger partial charge >= 0.3 is 5.97 Å². The third-order valence-electron chi connectivity index (χ3n) is 11.5. The minimum Gasteiger partial charge on any atom is -0.469 e. The molecule has 1 N–H and O–H groups in total. The van der Waals surface area contributed by atoms with Gasteiger partial charge in [-0.3, -0.25) is 24.0 Å². The Hall–Kier alpha value is -2.15. The van der Waals surface area contributed by atoms with Crippen molar-refractivity contribution in [1.82, 2.24) is 0 Å². The van der Waals surface area contributed by atoms with Crippen LogP contribution in [0.25, 0.3) is 0 Å². The van der Waals surface area contributed by atoms with Crippen LogP contribution >= 0.6 is 0 Å². The molecule has 2 saturated carbocycles. The second-order valence-electron chi connectivity index (χ2n) is 13.9. The Morgan fingerprint density at radius 1 is 1.03 bits per heavy atom. The van der Waals surface area contributed by atoms with Crippen molar-refractivity contribution in [3.63, 3.8) is 0 Å². The lowest BCUT2D eigenvalue weighted by atomic mass is 9.42. The number of aliphatic hydroxyl groups is 1. The molecule has 0 amide bonds. The lowest BCUT2D eigenvalue weighted by Crippen LogP contribution is -2.60. The lowest BCUT2D eigenvalue weighted by molar-refractivity contribution is -0.147. The highest BCUT2D eigenvalue weighted by Crippen LogP contribution is 2.70. The molecule has 8 atom stereocenters. The molecule has 7 nitrogen and oxygen atoms in total. The number of methoxy groups -OCH3 is 1. The van der Waals surface area contributed by atoms with Crippen LogP contribution in [0.5, 0.6) is 0 Å². The van der Waals surface area contributed by atoms with E-state index in [1.807, 2.05) is 34.6 Å². The Kier molecular flexibility index (Phi) is 6.99. The van der Waals surface area contributed by atoms with Crippen LogP contribution in [0.3, 0.4) is 0 Å². The molecule has 4 aliphatic carbocycles. The first-order valence-electron chi connectivity index (χ1n) is 14.1. The van der Waals surface area contributed by atoms with E-state index in [-0.39, 0.29) is 66.6 Å². The quantitative estimate of drug-likeness (QED) is 0.507. The number of ketones is 4. The Morgan fingerprint density at radius 2 is 1.66 bits per heavy atom. The second kappa shape index (κ2) is 9.21. The molecule has 38 heavy (non-hydrogen) atoms. The smallest absolute Gasteiger partial charge is 0.308 e. The van der Waals surface area contributed by atoms with E-state index < -0.39 is 39.7 Å². The third-order valence-corrected chi connectivity index (χ3v) is 11.5. The maximum Gasteiger partial charge on any atom is 0.308 e. The van der Waals surface area contributed by atoms with Gasteiger partial charge in [-0.1, -0.05) is 41.5 Å². The van der Waals surface area contributed by atoms with E-state index >= 15 is 0 Å². The molecule has 0 radical (unpaired) electrons. The van der Waals surface area contributed by atoms with Crippen molar-refractivity contribution in [2.24, 2.45) is 45.3 Å². The van der Waals surface area contributed by atoms with E-state index in [9.17, 15) is 29.1 Å². The fraction of sp³-hybridized carbons (Fsp3) is 0.774. The number of carbonyl (C=O) groups is 5. The van der Waals surface area contributed by atoms with Gasteiger partial charge in [0.05, 0.1) is 24.5 Å². The van der Waals surface area contributed by atoms with Crippen molar-refractivity contribution in [2.45, 2.75) is 99.5 Å². The minimum atomic E-state index is -1.02. The fourth-order valence-corrected chi connectivity index (χ4v) is 9.13. The van der Waals surface area contributed by atoms with Crippen LogP contribution in [0, 0.1) is 45.3 Å². The maximum absolute atomic E-state index is 14.1. The van der Waals surface area contributed by atoms with Gasteiger partial charge in [0.2, 0.25) is 0 Å². The summed E-state index contributed by atoms with van der Waals surface area (Å²) in [6.45, 7) is 13.4. The molecule has 0 saturated heterocycles. The minimum absolute atomic E-state index is 0.0134. The summed E-state index contributed by atoms with van der Waals surface area (Å²) in [4.78, 5) is 65.5. The van der Waals surface area contributed by atoms with Gasteiger partial charge in [-0.15, -0.1) is 0 Å². The Balaban J connectivity index is 1.72. The van der Waals surface area contributed by atoms with E-state index in [1.165, 1.54) is 7.11 Å². The molecule has 4 aliphatic rings. The van der Waals surface area contributed by atoms with Gasteiger partial charge < -0.3 is 9.84 Å². The summed E-state index contributed by atoms with van der Waals surface area (Å²) >= 11 is 0.